The Hall–Kier alpha value is -2.10. The summed E-state index contributed by atoms with van der Waals surface area (Å²) >= 11 is 0. The van der Waals surface area contributed by atoms with E-state index >= 15 is 0 Å². The number of anilines is 2. The first-order valence-electron chi connectivity index (χ1n) is 10.1. The van der Waals surface area contributed by atoms with Crippen LogP contribution in [-0.2, 0) is 6.42 Å². The molecule has 1 saturated heterocycles. The zero-order chi connectivity index (χ0) is 18.2. The highest BCUT2D eigenvalue weighted by Gasteiger charge is 2.21. The van der Waals surface area contributed by atoms with Crippen LogP contribution in [0.5, 0.6) is 0 Å². The van der Waals surface area contributed by atoms with Crippen molar-refractivity contribution >= 4 is 11.8 Å². The molecular formula is C22H32N4. The minimum absolute atomic E-state index is 0.780. The molecule has 0 bridgehead atoms. The van der Waals surface area contributed by atoms with E-state index in [-0.39, 0.29) is 0 Å². The summed E-state index contributed by atoms with van der Waals surface area (Å²) < 4.78 is 0. The molecule has 2 aromatic rings. The minimum Gasteiger partial charge on any atom is -0.356 e. The van der Waals surface area contributed by atoms with E-state index in [1.165, 1.54) is 44.1 Å². The van der Waals surface area contributed by atoms with Crippen molar-refractivity contribution in [1.82, 2.24) is 9.97 Å². The van der Waals surface area contributed by atoms with E-state index in [0.717, 1.165) is 43.0 Å². The van der Waals surface area contributed by atoms with Crippen LogP contribution in [0.4, 0.5) is 11.8 Å². The Labute approximate surface area is 158 Å². The topological polar surface area (TPSA) is 41.1 Å². The summed E-state index contributed by atoms with van der Waals surface area (Å²) in [5.41, 5.74) is 2.50. The molecule has 1 aliphatic rings. The van der Waals surface area contributed by atoms with Crippen LogP contribution in [0.15, 0.2) is 36.4 Å². The van der Waals surface area contributed by atoms with Crippen molar-refractivity contribution in [2.24, 2.45) is 5.92 Å². The highest BCUT2D eigenvalue weighted by Crippen LogP contribution is 2.25. The SMILES string of the molecule is CCCCCNc1nc(C)cc(N2CCC(Cc3ccccc3)CC2)n1. The Morgan fingerprint density at radius 1 is 1.08 bits per heavy atom. The molecule has 1 N–H and O–H groups in total. The van der Waals surface area contributed by atoms with Crippen LogP contribution in [0.2, 0.25) is 0 Å². The van der Waals surface area contributed by atoms with Gasteiger partial charge >= 0.3 is 0 Å². The van der Waals surface area contributed by atoms with Gasteiger partial charge < -0.3 is 10.2 Å². The van der Waals surface area contributed by atoms with Gasteiger partial charge in [0.15, 0.2) is 0 Å². The van der Waals surface area contributed by atoms with Gasteiger partial charge in [0.05, 0.1) is 0 Å². The second kappa shape index (κ2) is 9.56. The van der Waals surface area contributed by atoms with Crippen LogP contribution >= 0.6 is 0 Å². The maximum Gasteiger partial charge on any atom is 0.224 e. The summed E-state index contributed by atoms with van der Waals surface area (Å²) in [6.07, 6.45) is 7.32. The van der Waals surface area contributed by atoms with Gasteiger partial charge in [0, 0.05) is 31.4 Å². The van der Waals surface area contributed by atoms with E-state index in [2.05, 4.69) is 65.4 Å². The van der Waals surface area contributed by atoms with Crippen LogP contribution in [-0.4, -0.2) is 29.6 Å². The van der Waals surface area contributed by atoms with Crippen LogP contribution in [0.3, 0.4) is 0 Å². The van der Waals surface area contributed by atoms with Gasteiger partial charge in [-0.1, -0.05) is 50.1 Å². The Balaban J connectivity index is 1.54. The summed E-state index contributed by atoms with van der Waals surface area (Å²) in [7, 11) is 0. The first kappa shape index (κ1) is 18.7. The monoisotopic (exact) mass is 352 g/mol. The average Bonchev–Trinajstić information content (AvgIpc) is 2.66. The summed E-state index contributed by atoms with van der Waals surface area (Å²) in [4.78, 5) is 11.7. The summed E-state index contributed by atoms with van der Waals surface area (Å²) in [5, 5.41) is 3.39. The summed E-state index contributed by atoms with van der Waals surface area (Å²) in [6.45, 7) is 7.41. The summed E-state index contributed by atoms with van der Waals surface area (Å²) in [5.74, 6) is 2.64. The van der Waals surface area contributed by atoms with E-state index in [4.69, 9.17) is 4.98 Å². The normalized spacial score (nSPS) is 15.2. The molecule has 2 heterocycles. The number of rotatable bonds is 8. The van der Waals surface area contributed by atoms with Gasteiger partial charge in [-0.2, -0.15) is 4.98 Å². The van der Waals surface area contributed by atoms with Crippen molar-refractivity contribution < 1.29 is 0 Å². The molecule has 1 aromatic heterocycles. The second-order valence-corrected chi connectivity index (χ2v) is 7.45. The number of unbranched alkanes of at least 4 members (excludes halogenated alkanes) is 2. The fourth-order valence-corrected chi connectivity index (χ4v) is 3.68. The maximum atomic E-state index is 4.77. The van der Waals surface area contributed by atoms with E-state index < -0.39 is 0 Å². The highest BCUT2D eigenvalue weighted by atomic mass is 15.2. The largest absolute Gasteiger partial charge is 0.356 e. The fourth-order valence-electron chi connectivity index (χ4n) is 3.68. The predicted molar refractivity (Wildman–Crippen MR) is 110 cm³/mol. The van der Waals surface area contributed by atoms with Gasteiger partial charge in [-0.05, 0) is 44.1 Å². The van der Waals surface area contributed by atoms with E-state index in [0.29, 0.717) is 0 Å². The molecule has 1 aliphatic heterocycles. The van der Waals surface area contributed by atoms with Crippen LogP contribution in [0, 0.1) is 12.8 Å². The molecule has 4 heteroatoms. The number of piperidine rings is 1. The number of aromatic nitrogens is 2. The lowest BCUT2D eigenvalue weighted by molar-refractivity contribution is 0.402. The number of aryl methyl sites for hydroxylation is 1. The standard InChI is InChI=1S/C22H32N4/c1-3-4-8-13-23-22-24-18(2)16-21(25-22)26-14-11-20(12-15-26)17-19-9-6-5-7-10-19/h5-7,9-10,16,20H,3-4,8,11-15,17H2,1-2H3,(H,23,24,25). The van der Waals surface area contributed by atoms with E-state index in [1.807, 2.05) is 0 Å². The lowest BCUT2D eigenvalue weighted by Gasteiger charge is -2.33. The van der Waals surface area contributed by atoms with Crippen molar-refractivity contribution in [3.63, 3.8) is 0 Å². The first-order valence-corrected chi connectivity index (χ1v) is 10.1. The minimum atomic E-state index is 0.780. The zero-order valence-corrected chi connectivity index (χ0v) is 16.2. The Morgan fingerprint density at radius 3 is 2.58 bits per heavy atom. The smallest absolute Gasteiger partial charge is 0.224 e. The van der Waals surface area contributed by atoms with Gasteiger partial charge in [-0.15, -0.1) is 0 Å². The molecule has 0 atom stereocenters. The van der Waals surface area contributed by atoms with Gasteiger partial charge in [0.2, 0.25) is 5.95 Å². The van der Waals surface area contributed by atoms with Crippen LogP contribution < -0.4 is 10.2 Å². The van der Waals surface area contributed by atoms with Crippen LogP contribution in [0.1, 0.15) is 50.3 Å². The number of nitrogens with one attached hydrogen (secondary N) is 1. The second-order valence-electron chi connectivity index (χ2n) is 7.45. The third-order valence-corrected chi connectivity index (χ3v) is 5.21. The average molecular weight is 353 g/mol. The van der Waals surface area contributed by atoms with Crippen molar-refractivity contribution in [2.75, 3.05) is 29.9 Å². The molecule has 140 valence electrons. The van der Waals surface area contributed by atoms with Crippen molar-refractivity contribution in [2.45, 2.75) is 52.4 Å². The zero-order valence-electron chi connectivity index (χ0n) is 16.2. The molecule has 4 nitrogen and oxygen atoms in total. The molecule has 1 aromatic carbocycles. The summed E-state index contributed by atoms with van der Waals surface area (Å²) in [6, 6.07) is 13.0. The molecule has 0 amide bonds. The Kier molecular flexibility index (Phi) is 6.87. The van der Waals surface area contributed by atoms with Gasteiger partial charge in [-0.25, -0.2) is 4.98 Å². The molecule has 0 saturated carbocycles. The molecule has 3 rings (SSSR count). The van der Waals surface area contributed by atoms with Crippen molar-refractivity contribution in [3.8, 4) is 0 Å². The lowest BCUT2D eigenvalue weighted by Crippen LogP contribution is -2.35. The quantitative estimate of drug-likeness (QED) is 0.690. The Morgan fingerprint density at radius 2 is 1.85 bits per heavy atom. The van der Waals surface area contributed by atoms with Gasteiger partial charge in [-0.3, -0.25) is 0 Å². The molecule has 0 aliphatic carbocycles. The highest BCUT2D eigenvalue weighted by molar-refractivity contribution is 5.45. The number of hydrogen-bond donors (Lipinski definition) is 1. The molecule has 0 spiro atoms. The predicted octanol–water partition coefficient (Wildman–Crippen LogP) is 4.85. The van der Waals surface area contributed by atoms with Gasteiger partial charge in [0.25, 0.3) is 0 Å². The van der Waals surface area contributed by atoms with Crippen molar-refractivity contribution in [3.05, 3.63) is 47.7 Å². The van der Waals surface area contributed by atoms with Gasteiger partial charge in [0.1, 0.15) is 5.82 Å². The number of nitrogens with zero attached hydrogens (tertiary/aromatic N) is 3. The van der Waals surface area contributed by atoms with Crippen LogP contribution in [0.25, 0.3) is 0 Å². The lowest BCUT2D eigenvalue weighted by atomic mass is 9.90. The number of hydrogen-bond acceptors (Lipinski definition) is 4. The van der Waals surface area contributed by atoms with E-state index in [9.17, 15) is 0 Å². The van der Waals surface area contributed by atoms with E-state index in [1.54, 1.807) is 0 Å². The molecule has 1 fully saturated rings. The molecular weight excluding hydrogens is 320 g/mol. The first-order chi connectivity index (χ1) is 12.7. The molecule has 0 radical (unpaired) electrons. The molecule has 0 unspecified atom stereocenters. The third-order valence-electron chi connectivity index (χ3n) is 5.21. The third kappa shape index (κ3) is 5.45. The Bertz CT molecular complexity index is 663. The fraction of sp³-hybridized carbons (Fsp3) is 0.545. The number of benzene rings is 1. The van der Waals surface area contributed by atoms with Crippen molar-refractivity contribution in [1.29, 1.82) is 0 Å². The molecule has 26 heavy (non-hydrogen) atoms. The maximum absolute atomic E-state index is 4.77.